The van der Waals surface area contributed by atoms with Crippen LogP contribution in [0.4, 0.5) is 0 Å². The Bertz CT molecular complexity index is 461. The molecule has 0 radical (unpaired) electrons. The van der Waals surface area contributed by atoms with Crippen molar-refractivity contribution < 1.29 is 14.4 Å². The van der Waals surface area contributed by atoms with Crippen molar-refractivity contribution in [2.45, 2.75) is 34.6 Å². The van der Waals surface area contributed by atoms with E-state index >= 15 is 0 Å². The van der Waals surface area contributed by atoms with Crippen LogP contribution < -0.4 is 0 Å². The molecule has 0 aliphatic carbocycles. The van der Waals surface area contributed by atoms with E-state index < -0.39 is 0 Å². The van der Waals surface area contributed by atoms with Gasteiger partial charge in [0.2, 0.25) is 0 Å². The monoisotopic (exact) mass is 252 g/mol. The van der Waals surface area contributed by atoms with Gasteiger partial charge in [-0.1, -0.05) is 5.16 Å². The van der Waals surface area contributed by atoms with E-state index in [4.69, 9.17) is 9.57 Å². The molecule has 0 aliphatic rings. The predicted molar refractivity (Wildman–Crippen MR) is 70.1 cm³/mol. The highest BCUT2D eigenvalue weighted by Gasteiger charge is 2.20. The van der Waals surface area contributed by atoms with Crippen LogP contribution in [0.25, 0.3) is 0 Å². The number of carbonyl (C=O) groups is 1. The summed E-state index contributed by atoms with van der Waals surface area (Å²) < 4.78 is 5.03. The third kappa shape index (κ3) is 2.91. The van der Waals surface area contributed by atoms with Crippen molar-refractivity contribution in [2.75, 3.05) is 13.2 Å². The van der Waals surface area contributed by atoms with Crippen molar-refractivity contribution in [3.8, 4) is 0 Å². The second-order valence-corrected chi connectivity index (χ2v) is 3.94. The van der Waals surface area contributed by atoms with Crippen molar-refractivity contribution in [3.05, 3.63) is 22.5 Å². The zero-order valence-electron chi connectivity index (χ0n) is 11.6. The molecule has 0 saturated carbocycles. The summed E-state index contributed by atoms with van der Waals surface area (Å²) in [5, 5.41) is 3.97. The first-order valence-electron chi connectivity index (χ1n) is 6.06. The fourth-order valence-corrected chi connectivity index (χ4v) is 1.83. The second-order valence-electron chi connectivity index (χ2n) is 3.94. The Kier molecular flexibility index (Phi) is 4.95. The number of nitrogens with one attached hydrogen (secondary N) is 1. The maximum Gasteiger partial charge on any atom is 0.340 e. The van der Waals surface area contributed by atoms with Crippen LogP contribution in [0.2, 0.25) is 0 Å². The highest BCUT2D eigenvalue weighted by Crippen LogP contribution is 2.19. The Morgan fingerprint density at radius 3 is 2.50 bits per heavy atom. The first-order chi connectivity index (χ1) is 8.52. The minimum Gasteiger partial charge on any atom is -0.462 e. The third-order valence-corrected chi connectivity index (χ3v) is 2.61. The van der Waals surface area contributed by atoms with Gasteiger partial charge in [0, 0.05) is 5.69 Å². The summed E-state index contributed by atoms with van der Waals surface area (Å²) in [6, 6.07) is 0. The van der Waals surface area contributed by atoms with E-state index in [2.05, 4.69) is 10.1 Å². The molecule has 1 rings (SSSR count). The number of oxime groups is 1. The summed E-state index contributed by atoms with van der Waals surface area (Å²) in [5.74, 6) is -0.306. The van der Waals surface area contributed by atoms with Crippen LogP contribution in [-0.2, 0) is 9.57 Å². The first kappa shape index (κ1) is 14.3. The minimum atomic E-state index is -0.306. The van der Waals surface area contributed by atoms with Gasteiger partial charge in [0.05, 0.1) is 17.9 Å². The third-order valence-electron chi connectivity index (χ3n) is 2.61. The maximum absolute atomic E-state index is 11.8. The van der Waals surface area contributed by atoms with E-state index in [0.717, 1.165) is 17.0 Å². The molecule has 0 atom stereocenters. The smallest absolute Gasteiger partial charge is 0.340 e. The van der Waals surface area contributed by atoms with Crippen LogP contribution in [-0.4, -0.2) is 29.9 Å². The van der Waals surface area contributed by atoms with Crippen LogP contribution >= 0.6 is 0 Å². The first-order valence-corrected chi connectivity index (χ1v) is 6.06. The number of aryl methyl sites for hydroxylation is 1. The van der Waals surface area contributed by atoms with Gasteiger partial charge in [0.25, 0.3) is 0 Å². The van der Waals surface area contributed by atoms with Crippen molar-refractivity contribution >= 4 is 11.7 Å². The van der Waals surface area contributed by atoms with E-state index in [9.17, 15) is 4.79 Å². The zero-order valence-corrected chi connectivity index (χ0v) is 11.6. The number of aromatic amines is 1. The molecule has 0 unspecified atom stereocenters. The SMILES string of the molecule is CCO/N=C(\C)c1[nH]c(C)c(C(=O)OCC)c1C. The molecule has 1 aromatic heterocycles. The van der Waals surface area contributed by atoms with E-state index in [1.807, 2.05) is 27.7 Å². The van der Waals surface area contributed by atoms with Gasteiger partial charge in [0.15, 0.2) is 0 Å². The Morgan fingerprint density at radius 1 is 1.28 bits per heavy atom. The number of carbonyl (C=O) groups excluding carboxylic acids is 1. The van der Waals surface area contributed by atoms with E-state index in [1.54, 1.807) is 6.92 Å². The minimum absolute atomic E-state index is 0.306. The zero-order chi connectivity index (χ0) is 13.7. The molecule has 0 aromatic carbocycles. The molecule has 18 heavy (non-hydrogen) atoms. The summed E-state index contributed by atoms with van der Waals surface area (Å²) in [6.45, 7) is 10.1. The van der Waals surface area contributed by atoms with Gasteiger partial charge in [-0.05, 0) is 40.2 Å². The second kappa shape index (κ2) is 6.23. The number of aromatic nitrogens is 1. The number of H-pyrrole nitrogens is 1. The number of hydrogen-bond acceptors (Lipinski definition) is 4. The Morgan fingerprint density at radius 2 is 1.94 bits per heavy atom. The summed E-state index contributed by atoms with van der Waals surface area (Å²) >= 11 is 0. The van der Waals surface area contributed by atoms with Gasteiger partial charge in [0.1, 0.15) is 12.3 Å². The van der Waals surface area contributed by atoms with Crippen molar-refractivity contribution in [2.24, 2.45) is 5.16 Å². The largest absolute Gasteiger partial charge is 0.462 e. The van der Waals surface area contributed by atoms with Crippen LogP contribution in [0.1, 0.15) is 48.1 Å². The number of rotatable bonds is 5. The van der Waals surface area contributed by atoms with Gasteiger partial charge in [-0.15, -0.1) is 0 Å². The number of ether oxygens (including phenoxy) is 1. The highest BCUT2D eigenvalue weighted by atomic mass is 16.6. The van der Waals surface area contributed by atoms with E-state index in [-0.39, 0.29) is 5.97 Å². The molecule has 5 heteroatoms. The lowest BCUT2D eigenvalue weighted by Crippen LogP contribution is -2.07. The molecule has 0 aliphatic heterocycles. The molecule has 1 aromatic rings. The van der Waals surface area contributed by atoms with Crippen LogP contribution in [0.3, 0.4) is 0 Å². The highest BCUT2D eigenvalue weighted by molar-refractivity contribution is 6.02. The Labute approximate surface area is 107 Å². The van der Waals surface area contributed by atoms with Gasteiger partial charge in [-0.2, -0.15) is 0 Å². The normalized spacial score (nSPS) is 11.5. The van der Waals surface area contributed by atoms with Crippen LogP contribution in [0, 0.1) is 13.8 Å². The van der Waals surface area contributed by atoms with E-state index in [0.29, 0.717) is 24.5 Å². The molecular formula is C13H20N2O3. The van der Waals surface area contributed by atoms with Crippen molar-refractivity contribution in [3.63, 3.8) is 0 Å². The molecule has 0 fully saturated rings. The quantitative estimate of drug-likeness (QED) is 0.497. The standard InChI is InChI=1S/C13H20N2O3/c1-6-17-13(16)11-8(3)12(14-9(11)4)10(5)15-18-7-2/h14H,6-7H2,1-5H3/b15-10+. The fraction of sp³-hybridized carbons (Fsp3) is 0.538. The number of hydrogen-bond donors (Lipinski definition) is 1. The molecule has 0 amide bonds. The fourth-order valence-electron chi connectivity index (χ4n) is 1.83. The summed E-state index contributed by atoms with van der Waals surface area (Å²) in [4.78, 5) is 20.0. The topological polar surface area (TPSA) is 63.7 Å². The van der Waals surface area contributed by atoms with Gasteiger partial charge >= 0.3 is 5.97 Å². The lowest BCUT2D eigenvalue weighted by molar-refractivity contribution is 0.0525. The summed E-state index contributed by atoms with van der Waals surface area (Å²) in [6.07, 6.45) is 0. The Hall–Kier alpha value is -1.78. The molecule has 1 N–H and O–H groups in total. The number of esters is 1. The van der Waals surface area contributed by atoms with Crippen molar-refractivity contribution in [1.82, 2.24) is 4.98 Å². The molecule has 0 spiro atoms. The van der Waals surface area contributed by atoms with E-state index in [1.165, 1.54) is 0 Å². The van der Waals surface area contributed by atoms with Crippen molar-refractivity contribution in [1.29, 1.82) is 0 Å². The maximum atomic E-state index is 11.8. The van der Waals surface area contributed by atoms with Gasteiger partial charge in [-0.3, -0.25) is 0 Å². The molecule has 0 bridgehead atoms. The molecule has 100 valence electrons. The molecule has 1 heterocycles. The molecular weight excluding hydrogens is 232 g/mol. The summed E-state index contributed by atoms with van der Waals surface area (Å²) in [7, 11) is 0. The summed E-state index contributed by atoms with van der Waals surface area (Å²) in [5.41, 5.74) is 3.73. The van der Waals surface area contributed by atoms with Gasteiger partial charge < -0.3 is 14.6 Å². The molecule has 0 saturated heterocycles. The van der Waals surface area contributed by atoms with Crippen LogP contribution in [0.15, 0.2) is 5.16 Å². The van der Waals surface area contributed by atoms with Crippen LogP contribution in [0.5, 0.6) is 0 Å². The lowest BCUT2D eigenvalue weighted by atomic mass is 10.1. The Balaban J connectivity index is 3.11. The average Bonchev–Trinajstić information content (AvgIpc) is 2.62. The molecule has 5 nitrogen and oxygen atoms in total. The number of nitrogens with zero attached hydrogens (tertiary/aromatic N) is 1. The average molecular weight is 252 g/mol. The lowest BCUT2D eigenvalue weighted by Gasteiger charge is -2.02. The van der Waals surface area contributed by atoms with Gasteiger partial charge in [-0.25, -0.2) is 4.79 Å². The predicted octanol–water partition coefficient (Wildman–Crippen LogP) is 2.57.